The topological polar surface area (TPSA) is 0 Å². The van der Waals surface area contributed by atoms with Gasteiger partial charge in [0.15, 0.2) is 0 Å². The average Bonchev–Trinajstić information content (AvgIpc) is 3.39. The van der Waals surface area contributed by atoms with Crippen molar-refractivity contribution in [3.05, 3.63) is 154 Å². The predicted molar refractivity (Wildman–Crippen MR) is 197 cm³/mol. The zero-order chi connectivity index (χ0) is 32.1. The van der Waals surface area contributed by atoms with Crippen molar-refractivity contribution in [3.8, 4) is 55.6 Å². The standard InChI is InChI=1S/C46H42/c1-27-12-18-35-39(22-27)45(5,6)41-24-29(3)20-37(43(35)41)32-16-14-31(15-17-32)33-10-9-11-34(26-33)38-21-30(4)25-42-44(38)36-19-13-28(2)23-40(36)46(42,7)8/h9-26H,1-8H3. The molecule has 0 N–H and O–H groups in total. The van der Waals surface area contributed by atoms with E-state index in [4.69, 9.17) is 0 Å². The largest absolute Gasteiger partial charge is 0.0610 e. The summed E-state index contributed by atoms with van der Waals surface area (Å²) < 4.78 is 0. The van der Waals surface area contributed by atoms with Crippen LogP contribution in [0.3, 0.4) is 0 Å². The third-order valence-corrected chi connectivity index (χ3v) is 10.9. The molecular formula is C46H42. The highest BCUT2D eigenvalue weighted by Crippen LogP contribution is 2.54. The molecule has 0 atom stereocenters. The molecule has 226 valence electrons. The molecule has 46 heavy (non-hydrogen) atoms. The Kier molecular flexibility index (Phi) is 6.20. The molecule has 0 unspecified atom stereocenters. The molecule has 0 bridgehead atoms. The van der Waals surface area contributed by atoms with Crippen LogP contribution in [0.2, 0.25) is 0 Å². The van der Waals surface area contributed by atoms with Crippen LogP contribution in [0, 0.1) is 27.7 Å². The average molecular weight is 595 g/mol. The maximum absolute atomic E-state index is 2.40. The first-order valence-corrected chi connectivity index (χ1v) is 16.7. The van der Waals surface area contributed by atoms with E-state index in [2.05, 4.69) is 165 Å². The van der Waals surface area contributed by atoms with Gasteiger partial charge in [-0.1, -0.05) is 153 Å². The van der Waals surface area contributed by atoms with Crippen LogP contribution in [-0.4, -0.2) is 0 Å². The zero-order valence-electron chi connectivity index (χ0n) is 28.4. The van der Waals surface area contributed by atoms with Gasteiger partial charge in [-0.25, -0.2) is 0 Å². The summed E-state index contributed by atoms with van der Waals surface area (Å²) >= 11 is 0. The van der Waals surface area contributed by atoms with E-state index in [9.17, 15) is 0 Å². The van der Waals surface area contributed by atoms with Crippen LogP contribution in [0.5, 0.6) is 0 Å². The molecule has 0 aliphatic heterocycles. The van der Waals surface area contributed by atoms with Crippen LogP contribution in [0.15, 0.2) is 109 Å². The van der Waals surface area contributed by atoms with Crippen LogP contribution in [0.25, 0.3) is 55.6 Å². The fourth-order valence-electron chi connectivity index (χ4n) is 8.38. The first-order chi connectivity index (χ1) is 21.9. The second-order valence-electron chi connectivity index (χ2n) is 15.0. The van der Waals surface area contributed by atoms with Crippen molar-refractivity contribution in [3.63, 3.8) is 0 Å². The van der Waals surface area contributed by atoms with E-state index < -0.39 is 0 Å². The number of hydrogen-bond acceptors (Lipinski definition) is 0. The summed E-state index contributed by atoms with van der Waals surface area (Å²) in [5, 5.41) is 0. The van der Waals surface area contributed by atoms with Gasteiger partial charge >= 0.3 is 0 Å². The minimum atomic E-state index is -0.0184. The van der Waals surface area contributed by atoms with E-state index >= 15 is 0 Å². The quantitative estimate of drug-likeness (QED) is 0.191. The first kappa shape index (κ1) is 28.8. The van der Waals surface area contributed by atoms with Gasteiger partial charge in [-0.05, 0) is 112 Å². The number of rotatable bonds is 3. The summed E-state index contributed by atoms with van der Waals surface area (Å²) in [5.74, 6) is 0. The predicted octanol–water partition coefficient (Wildman–Crippen LogP) is 12.5. The van der Waals surface area contributed by atoms with Gasteiger partial charge in [0.1, 0.15) is 0 Å². The van der Waals surface area contributed by atoms with Crippen molar-refractivity contribution < 1.29 is 0 Å². The molecule has 2 aliphatic carbocycles. The van der Waals surface area contributed by atoms with Crippen molar-refractivity contribution in [1.82, 2.24) is 0 Å². The van der Waals surface area contributed by atoms with E-state index in [0.29, 0.717) is 0 Å². The van der Waals surface area contributed by atoms with E-state index in [1.807, 2.05) is 0 Å². The molecular weight excluding hydrogens is 553 g/mol. The van der Waals surface area contributed by atoms with Crippen molar-refractivity contribution in [1.29, 1.82) is 0 Å². The Morgan fingerprint density at radius 3 is 1.28 bits per heavy atom. The molecule has 8 rings (SSSR count). The number of aryl methyl sites for hydroxylation is 4. The molecule has 0 amide bonds. The normalized spacial score (nSPS) is 14.9. The monoisotopic (exact) mass is 594 g/mol. The van der Waals surface area contributed by atoms with Crippen LogP contribution >= 0.6 is 0 Å². The molecule has 0 saturated heterocycles. The van der Waals surface area contributed by atoms with Crippen LogP contribution in [0.1, 0.15) is 72.2 Å². The second-order valence-corrected chi connectivity index (χ2v) is 15.0. The summed E-state index contributed by atoms with van der Waals surface area (Å²) in [4.78, 5) is 0. The lowest BCUT2D eigenvalue weighted by molar-refractivity contribution is 0.659. The van der Waals surface area contributed by atoms with Gasteiger partial charge < -0.3 is 0 Å². The number of hydrogen-bond donors (Lipinski definition) is 0. The van der Waals surface area contributed by atoms with E-state index in [0.717, 1.165) is 0 Å². The molecule has 0 saturated carbocycles. The molecule has 0 nitrogen and oxygen atoms in total. The Balaban J connectivity index is 1.21. The van der Waals surface area contributed by atoms with Crippen molar-refractivity contribution in [2.24, 2.45) is 0 Å². The minimum absolute atomic E-state index is 0.0115. The van der Waals surface area contributed by atoms with Crippen LogP contribution < -0.4 is 0 Å². The Hall–Kier alpha value is -4.68. The molecule has 0 spiro atoms. The molecule has 0 fully saturated rings. The Labute approximate surface area is 274 Å². The molecule has 0 radical (unpaired) electrons. The summed E-state index contributed by atoms with van der Waals surface area (Å²) in [5.41, 5.74) is 24.2. The van der Waals surface area contributed by atoms with E-state index in [1.165, 1.54) is 100 Å². The lowest BCUT2D eigenvalue weighted by Crippen LogP contribution is -2.15. The van der Waals surface area contributed by atoms with Gasteiger partial charge in [0.25, 0.3) is 0 Å². The zero-order valence-corrected chi connectivity index (χ0v) is 28.4. The van der Waals surface area contributed by atoms with E-state index in [-0.39, 0.29) is 10.8 Å². The highest BCUT2D eigenvalue weighted by molar-refractivity contribution is 5.95. The fraction of sp³-hybridized carbons (Fsp3) is 0.217. The highest BCUT2D eigenvalue weighted by Gasteiger charge is 2.38. The van der Waals surface area contributed by atoms with Crippen molar-refractivity contribution in [2.75, 3.05) is 0 Å². The van der Waals surface area contributed by atoms with Gasteiger partial charge in [-0.2, -0.15) is 0 Å². The maximum atomic E-state index is 2.40. The lowest BCUT2D eigenvalue weighted by Gasteiger charge is -2.23. The van der Waals surface area contributed by atoms with Crippen molar-refractivity contribution >= 4 is 0 Å². The molecule has 2 aliphatic rings. The summed E-state index contributed by atoms with van der Waals surface area (Å²) in [6, 6.07) is 41.9. The molecule has 0 heterocycles. The van der Waals surface area contributed by atoms with Gasteiger partial charge in [-0.15, -0.1) is 0 Å². The molecule has 6 aromatic carbocycles. The smallest absolute Gasteiger partial charge is 0.0159 e. The van der Waals surface area contributed by atoms with Crippen molar-refractivity contribution in [2.45, 2.75) is 66.2 Å². The Bertz CT molecular complexity index is 2220. The minimum Gasteiger partial charge on any atom is -0.0610 e. The van der Waals surface area contributed by atoms with Gasteiger partial charge in [-0.3, -0.25) is 0 Å². The summed E-state index contributed by atoms with van der Waals surface area (Å²) in [6.45, 7) is 18.4. The van der Waals surface area contributed by atoms with Crippen LogP contribution in [0.4, 0.5) is 0 Å². The lowest BCUT2D eigenvalue weighted by atomic mass is 9.81. The SMILES string of the molecule is Cc1ccc2c(c1)C(C)(C)c1cc(C)cc(-c3ccc(-c4cccc(-c5cc(C)cc6c5-c5ccc(C)cc5C6(C)C)c4)cc3)c1-2. The van der Waals surface area contributed by atoms with Crippen LogP contribution in [-0.2, 0) is 10.8 Å². The van der Waals surface area contributed by atoms with Gasteiger partial charge in [0, 0.05) is 10.8 Å². The van der Waals surface area contributed by atoms with Gasteiger partial charge in [0.2, 0.25) is 0 Å². The summed E-state index contributed by atoms with van der Waals surface area (Å²) in [7, 11) is 0. The molecule has 6 aromatic rings. The summed E-state index contributed by atoms with van der Waals surface area (Å²) in [6.07, 6.45) is 0. The molecule has 0 heteroatoms. The van der Waals surface area contributed by atoms with E-state index in [1.54, 1.807) is 0 Å². The third kappa shape index (κ3) is 4.19. The second kappa shape index (κ2) is 9.91. The number of fused-ring (bicyclic) bond motifs is 6. The molecule has 0 aromatic heterocycles. The number of benzene rings is 6. The Morgan fingerprint density at radius 1 is 0.326 bits per heavy atom. The van der Waals surface area contributed by atoms with Gasteiger partial charge in [0.05, 0.1) is 0 Å². The Morgan fingerprint density at radius 2 is 0.761 bits per heavy atom. The third-order valence-electron chi connectivity index (χ3n) is 10.9. The first-order valence-electron chi connectivity index (χ1n) is 16.7. The maximum Gasteiger partial charge on any atom is 0.0159 e. The fourth-order valence-corrected chi connectivity index (χ4v) is 8.38. The highest BCUT2D eigenvalue weighted by atomic mass is 14.4.